The highest BCUT2D eigenvalue weighted by atomic mass is 16.3. The third-order valence-corrected chi connectivity index (χ3v) is 4.29. The molecule has 1 nitrogen and oxygen atoms in total. The molecule has 2 fully saturated rings. The normalized spacial score (nSPS) is 41.5. The van der Waals surface area contributed by atoms with Gasteiger partial charge in [-0.3, -0.25) is 0 Å². The van der Waals surface area contributed by atoms with E-state index in [0.29, 0.717) is 5.92 Å². The molecule has 0 amide bonds. The van der Waals surface area contributed by atoms with Crippen molar-refractivity contribution in [1.82, 2.24) is 0 Å². The predicted octanol–water partition coefficient (Wildman–Crippen LogP) is 3.12. The molecule has 0 spiro atoms. The molecule has 0 bridgehead atoms. The van der Waals surface area contributed by atoms with Gasteiger partial charge >= 0.3 is 0 Å². The molecule has 0 aromatic heterocycles. The predicted molar refractivity (Wildman–Crippen MR) is 54.5 cm³/mol. The molecule has 0 aromatic carbocycles. The molecule has 0 aliphatic heterocycles. The largest absolute Gasteiger partial charge is 0.390 e. The van der Waals surface area contributed by atoms with Crippen molar-refractivity contribution in [2.24, 2.45) is 11.8 Å². The average Bonchev–Trinajstić information content (AvgIpc) is 2.17. The molecular formula is C12H22O. The second kappa shape index (κ2) is 3.61. The lowest BCUT2D eigenvalue weighted by atomic mass is 9.65. The van der Waals surface area contributed by atoms with Gasteiger partial charge in [0.1, 0.15) is 0 Å². The van der Waals surface area contributed by atoms with Gasteiger partial charge < -0.3 is 5.11 Å². The van der Waals surface area contributed by atoms with Gasteiger partial charge in [0, 0.05) is 0 Å². The molecule has 2 atom stereocenters. The van der Waals surface area contributed by atoms with Gasteiger partial charge in [-0.15, -0.1) is 0 Å². The highest BCUT2D eigenvalue weighted by Crippen LogP contribution is 2.44. The van der Waals surface area contributed by atoms with E-state index in [-0.39, 0.29) is 5.60 Å². The maximum Gasteiger partial charge on any atom is 0.0676 e. The maximum atomic E-state index is 10.2. The highest BCUT2D eigenvalue weighted by molar-refractivity contribution is 4.95. The van der Waals surface area contributed by atoms with Crippen LogP contribution in [0.5, 0.6) is 0 Å². The Labute approximate surface area is 81.5 Å². The van der Waals surface area contributed by atoms with Crippen LogP contribution in [0.3, 0.4) is 0 Å². The number of rotatable bonds is 2. The van der Waals surface area contributed by atoms with Gasteiger partial charge in [0.25, 0.3) is 0 Å². The van der Waals surface area contributed by atoms with E-state index in [1.807, 2.05) is 0 Å². The van der Waals surface area contributed by atoms with E-state index in [0.717, 1.165) is 18.8 Å². The number of aliphatic hydroxyl groups is 1. The van der Waals surface area contributed by atoms with Gasteiger partial charge in [0.2, 0.25) is 0 Å². The van der Waals surface area contributed by atoms with Crippen LogP contribution in [0.1, 0.15) is 58.3 Å². The van der Waals surface area contributed by atoms with Crippen molar-refractivity contribution in [3.8, 4) is 0 Å². The van der Waals surface area contributed by atoms with Crippen molar-refractivity contribution in [3.05, 3.63) is 0 Å². The monoisotopic (exact) mass is 182 g/mol. The fourth-order valence-electron chi connectivity index (χ4n) is 2.96. The Morgan fingerprint density at radius 1 is 1.15 bits per heavy atom. The minimum absolute atomic E-state index is 0.262. The lowest BCUT2D eigenvalue weighted by Crippen LogP contribution is -2.47. The van der Waals surface area contributed by atoms with Crippen molar-refractivity contribution >= 4 is 0 Å². The standard InChI is InChI=1S/C12H22O/c1-10-7-8-12(10,13)9-11-5-3-2-4-6-11/h10-11,13H,2-9H2,1H3. The molecule has 0 heterocycles. The quantitative estimate of drug-likeness (QED) is 0.695. The van der Waals surface area contributed by atoms with Crippen LogP contribution in [0.4, 0.5) is 0 Å². The summed E-state index contributed by atoms with van der Waals surface area (Å²) in [5, 5.41) is 10.2. The Kier molecular flexibility index (Phi) is 2.64. The minimum atomic E-state index is -0.262. The number of hydrogen-bond donors (Lipinski definition) is 1. The summed E-state index contributed by atoms with van der Waals surface area (Å²) < 4.78 is 0. The molecule has 13 heavy (non-hydrogen) atoms. The lowest BCUT2D eigenvalue weighted by Gasteiger charge is -2.46. The van der Waals surface area contributed by atoms with Gasteiger partial charge in [0.15, 0.2) is 0 Å². The zero-order chi connectivity index (χ0) is 9.31. The summed E-state index contributed by atoms with van der Waals surface area (Å²) in [6.07, 6.45) is 10.3. The van der Waals surface area contributed by atoms with Gasteiger partial charge in [0.05, 0.1) is 5.60 Å². The van der Waals surface area contributed by atoms with E-state index < -0.39 is 0 Å². The Hall–Kier alpha value is -0.0400. The Morgan fingerprint density at radius 2 is 1.85 bits per heavy atom. The first-order valence-corrected chi connectivity index (χ1v) is 5.93. The third kappa shape index (κ3) is 1.90. The number of hydrogen-bond acceptors (Lipinski definition) is 1. The van der Waals surface area contributed by atoms with Crippen LogP contribution in [0, 0.1) is 11.8 Å². The summed E-state index contributed by atoms with van der Waals surface area (Å²) in [5.74, 6) is 1.40. The van der Waals surface area contributed by atoms with E-state index in [1.54, 1.807) is 0 Å². The molecular weight excluding hydrogens is 160 g/mol. The average molecular weight is 182 g/mol. The summed E-state index contributed by atoms with van der Waals surface area (Å²) in [4.78, 5) is 0. The first-order valence-electron chi connectivity index (χ1n) is 5.93. The van der Waals surface area contributed by atoms with Crippen LogP contribution in [0.15, 0.2) is 0 Å². The van der Waals surface area contributed by atoms with Crippen molar-refractivity contribution in [1.29, 1.82) is 0 Å². The summed E-state index contributed by atoms with van der Waals surface area (Å²) in [5.41, 5.74) is -0.262. The minimum Gasteiger partial charge on any atom is -0.390 e. The molecule has 2 unspecified atom stereocenters. The fraction of sp³-hybridized carbons (Fsp3) is 1.00. The maximum absolute atomic E-state index is 10.2. The molecule has 2 saturated carbocycles. The van der Waals surface area contributed by atoms with Gasteiger partial charge in [-0.1, -0.05) is 39.0 Å². The molecule has 1 N–H and O–H groups in total. The van der Waals surface area contributed by atoms with E-state index >= 15 is 0 Å². The Morgan fingerprint density at radius 3 is 2.31 bits per heavy atom. The summed E-state index contributed by atoms with van der Waals surface area (Å²) in [6, 6.07) is 0. The van der Waals surface area contributed by atoms with Crippen LogP contribution >= 0.6 is 0 Å². The van der Waals surface area contributed by atoms with Crippen molar-refractivity contribution in [3.63, 3.8) is 0 Å². The molecule has 76 valence electrons. The van der Waals surface area contributed by atoms with Crippen LogP contribution in [-0.2, 0) is 0 Å². The summed E-state index contributed by atoms with van der Waals surface area (Å²) in [6.45, 7) is 2.20. The van der Waals surface area contributed by atoms with Gasteiger partial charge in [-0.05, 0) is 31.1 Å². The SMILES string of the molecule is CC1CCC1(O)CC1CCCCC1. The molecule has 1 heteroatoms. The van der Waals surface area contributed by atoms with Crippen LogP contribution in [0.25, 0.3) is 0 Å². The molecule has 0 aromatic rings. The van der Waals surface area contributed by atoms with Crippen molar-refractivity contribution in [2.45, 2.75) is 63.9 Å². The Bertz CT molecular complexity index is 172. The summed E-state index contributed by atoms with van der Waals surface area (Å²) >= 11 is 0. The molecule has 0 saturated heterocycles. The molecule has 2 rings (SSSR count). The Balaban J connectivity index is 1.82. The van der Waals surface area contributed by atoms with Crippen LogP contribution < -0.4 is 0 Å². The zero-order valence-corrected chi connectivity index (χ0v) is 8.76. The van der Waals surface area contributed by atoms with Gasteiger partial charge in [-0.2, -0.15) is 0 Å². The van der Waals surface area contributed by atoms with E-state index in [1.165, 1.54) is 38.5 Å². The highest BCUT2D eigenvalue weighted by Gasteiger charge is 2.43. The van der Waals surface area contributed by atoms with Crippen molar-refractivity contribution < 1.29 is 5.11 Å². The summed E-state index contributed by atoms with van der Waals surface area (Å²) in [7, 11) is 0. The first kappa shape index (κ1) is 9.51. The van der Waals surface area contributed by atoms with Crippen LogP contribution in [0.2, 0.25) is 0 Å². The molecule has 0 radical (unpaired) electrons. The smallest absolute Gasteiger partial charge is 0.0676 e. The third-order valence-electron chi connectivity index (χ3n) is 4.29. The topological polar surface area (TPSA) is 20.2 Å². The zero-order valence-electron chi connectivity index (χ0n) is 8.76. The van der Waals surface area contributed by atoms with E-state index in [2.05, 4.69) is 6.92 Å². The second-order valence-corrected chi connectivity index (χ2v) is 5.25. The second-order valence-electron chi connectivity index (χ2n) is 5.25. The molecule has 2 aliphatic carbocycles. The fourth-order valence-corrected chi connectivity index (χ4v) is 2.96. The van der Waals surface area contributed by atoms with Gasteiger partial charge in [-0.25, -0.2) is 0 Å². The van der Waals surface area contributed by atoms with E-state index in [9.17, 15) is 5.11 Å². The first-order chi connectivity index (χ1) is 6.21. The van der Waals surface area contributed by atoms with Crippen molar-refractivity contribution in [2.75, 3.05) is 0 Å². The molecule has 2 aliphatic rings. The lowest BCUT2D eigenvalue weighted by molar-refractivity contribution is -0.105. The van der Waals surface area contributed by atoms with E-state index in [4.69, 9.17) is 0 Å². The van der Waals surface area contributed by atoms with Crippen LogP contribution in [-0.4, -0.2) is 10.7 Å².